The van der Waals surface area contributed by atoms with E-state index in [0.29, 0.717) is 24.8 Å². The molecule has 0 saturated carbocycles. The number of aliphatic carboxylic acids is 1. The predicted octanol–water partition coefficient (Wildman–Crippen LogP) is 1.59. The Labute approximate surface area is 124 Å². The van der Waals surface area contributed by atoms with Gasteiger partial charge in [-0.15, -0.1) is 0 Å². The number of carboxylic acids is 1. The van der Waals surface area contributed by atoms with Crippen molar-refractivity contribution in [2.75, 3.05) is 18.0 Å². The Kier molecular flexibility index (Phi) is 4.98. The number of hydrogen-bond donors (Lipinski definition) is 1. The first kappa shape index (κ1) is 15.5. The lowest BCUT2D eigenvalue weighted by Crippen LogP contribution is -2.42. The van der Waals surface area contributed by atoms with Gasteiger partial charge in [-0.1, -0.05) is 6.92 Å². The first-order valence-electron chi connectivity index (χ1n) is 7.55. The van der Waals surface area contributed by atoms with Crippen molar-refractivity contribution in [1.29, 1.82) is 0 Å². The lowest BCUT2D eigenvalue weighted by Gasteiger charge is -2.35. The highest BCUT2D eigenvalue weighted by Crippen LogP contribution is 2.27. The molecule has 1 N–H and O–H groups in total. The number of nitrogens with zero attached hydrogens (tertiary/aromatic N) is 3. The number of carbonyl (C=O) groups is 1. The van der Waals surface area contributed by atoms with E-state index in [0.717, 1.165) is 19.4 Å². The molecular formula is C15H23N3O3. The van der Waals surface area contributed by atoms with Gasteiger partial charge >= 0.3 is 5.97 Å². The Balaban J connectivity index is 2.14. The smallest absolute Gasteiger partial charge is 0.303 e. The van der Waals surface area contributed by atoms with Crippen molar-refractivity contribution in [2.45, 2.75) is 39.7 Å². The van der Waals surface area contributed by atoms with Crippen LogP contribution in [0.2, 0.25) is 0 Å². The summed E-state index contributed by atoms with van der Waals surface area (Å²) in [6.45, 7) is 6.06. The van der Waals surface area contributed by atoms with Gasteiger partial charge < -0.3 is 14.6 Å². The molecule has 2 heterocycles. The van der Waals surface area contributed by atoms with Gasteiger partial charge in [-0.2, -0.15) is 0 Å². The van der Waals surface area contributed by atoms with Gasteiger partial charge in [-0.3, -0.25) is 9.59 Å². The molecule has 116 valence electrons. The van der Waals surface area contributed by atoms with Gasteiger partial charge in [0.1, 0.15) is 0 Å². The molecule has 0 spiro atoms. The second-order valence-corrected chi connectivity index (χ2v) is 5.77. The molecule has 2 atom stereocenters. The van der Waals surface area contributed by atoms with Crippen LogP contribution in [0.4, 0.5) is 5.82 Å². The van der Waals surface area contributed by atoms with Crippen LogP contribution in [0.1, 0.15) is 33.1 Å². The maximum Gasteiger partial charge on any atom is 0.303 e. The minimum atomic E-state index is -0.759. The van der Waals surface area contributed by atoms with Crippen molar-refractivity contribution < 1.29 is 9.90 Å². The standard InChI is InChI=1S/C15H23N3O3/c1-3-17-8-6-16-14(15(17)21)18-7-4-5-12(10-18)11(2)9-13(19)20/h6,8,11-12H,3-5,7,9-10H2,1-2H3,(H,19,20). The minimum absolute atomic E-state index is 0.0634. The first-order valence-corrected chi connectivity index (χ1v) is 7.55. The Morgan fingerprint density at radius 2 is 2.33 bits per heavy atom. The zero-order valence-corrected chi connectivity index (χ0v) is 12.7. The number of aryl methyl sites for hydroxylation is 1. The van der Waals surface area contributed by atoms with Crippen LogP contribution < -0.4 is 10.5 Å². The third-order valence-corrected chi connectivity index (χ3v) is 4.29. The number of carboxylic acid groups (broad SMARTS) is 1. The molecule has 1 fully saturated rings. The highest BCUT2D eigenvalue weighted by atomic mass is 16.4. The van der Waals surface area contributed by atoms with E-state index >= 15 is 0 Å². The third kappa shape index (κ3) is 3.62. The van der Waals surface area contributed by atoms with Crippen LogP contribution in [0, 0.1) is 11.8 Å². The lowest BCUT2D eigenvalue weighted by atomic mass is 9.85. The van der Waals surface area contributed by atoms with Crippen LogP contribution in [-0.4, -0.2) is 33.7 Å². The SMILES string of the molecule is CCn1ccnc(N2CCCC(C(C)CC(=O)O)C2)c1=O. The second kappa shape index (κ2) is 6.74. The quantitative estimate of drug-likeness (QED) is 0.892. The molecule has 0 aliphatic carbocycles. The number of anilines is 1. The fourth-order valence-corrected chi connectivity index (χ4v) is 3.01. The monoisotopic (exact) mass is 293 g/mol. The van der Waals surface area contributed by atoms with Crippen LogP contribution in [0.5, 0.6) is 0 Å². The van der Waals surface area contributed by atoms with Gasteiger partial charge in [0, 0.05) is 38.4 Å². The van der Waals surface area contributed by atoms with Crippen molar-refractivity contribution in [3.05, 3.63) is 22.7 Å². The number of hydrogen-bond acceptors (Lipinski definition) is 4. The molecule has 2 unspecified atom stereocenters. The van der Waals surface area contributed by atoms with E-state index in [1.165, 1.54) is 0 Å². The van der Waals surface area contributed by atoms with Gasteiger partial charge in [0.2, 0.25) is 0 Å². The Bertz CT molecular complexity index is 555. The van der Waals surface area contributed by atoms with E-state index in [1.807, 2.05) is 18.7 Å². The maximum atomic E-state index is 12.3. The Morgan fingerprint density at radius 1 is 1.57 bits per heavy atom. The van der Waals surface area contributed by atoms with Crippen LogP contribution in [0.15, 0.2) is 17.2 Å². The fraction of sp³-hybridized carbons (Fsp3) is 0.667. The Morgan fingerprint density at radius 3 is 3.00 bits per heavy atom. The van der Waals surface area contributed by atoms with Crippen molar-refractivity contribution in [1.82, 2.24) is 9.55 Å². The molecule has 2 rings (SSSR count). The van der Waals surface area contributed by atoms with Gasteiger partial charge in [0.15, 0.2) is 5.82 Å². The van der Waals surface area contributed by atoms with Crippen molar-refractivity contribution in [2.24, 2.45) is 11.8 Å². The highest BCUT2D eigenvalue weighted by Gasteiger charge is 2.27. The van der Waals surface area contributed by atoms with E-state index in [-0.39, 0.29) is 17.9 Å². The van der Waals surface area contributed by atoms with Crippen LogP contribution in [0.3, 0.4) is 0 Å². The van der Waals surface area contributed by atoms with E-state index in [9.17, 15) is 9.59 Å². The number of aromatic nitrogens is 2. The molecule has 6 heteroatoms. The van der Waals surface area contributed by atoms with E-state index in [1.54, 1.807) is 17.0 Å². The molecule has 21 heavy (non-hydrogen) atoms. The van der Waals surface area contributed by atoms with E-state index < -0.39 is 5.97 Å². The van der Waals surface area contributed by atoms with Crippen LogP contribution in [-0.2, 0) is 11.3 Å². The average molecular weight is 293 g/mol. The van der Waals surface area contributed by atoms with Gasteiger partial charge in [0.25, 0.3) is 5.56 Å². The van der Waals surface area contributed by atoms with Gasteiger partial charge in [-0.25, -0.2) is 4.98 Å². The summed E-state index contributed by atoms with van der Waals surface area (Å²) >= 11 is 0. The molecule has 0 amide bonds. The molecular weight excluding hydrogens is 270 g/mol. The number of rotatable bonds is 5. The average Bonchev–Trinajstić information content (AvgIpc) is 2.47. The number of piperidine rings is 1. The van der Waals surface area contributed by atoms with Gasteiger partial charge in [0.05, 0.1) is 0 Å². The second-order valence-electron chi connectivity index (χ2n) is 5.77. The molecule has 1 aromatic heterocycles. The van der Waals surface area contributed by atoms with Crippen molar-refractivity contribution >= 4 is 11.8 Å². The molecule has 0 radical (unpaired) electrons. The molecule has 6 nitrogen and oxygen atoms in total. The summed E-state index contributed by atoms with van der Waals surface area (Å²) in [5.74, 6) is 0.145. The summed E-state index contributed by atoms with van der Waals surface area (Å²) < 4.78 is 1.65. The Hall–Kier alpha value is -1.85. The topological polar surface area (TPSA) is 75.4 Å². The molecule has 0 aromatic carbocycles. The zero-order chi connectivity index (χ0) is 15.4. The fourth-order valence-electron chi connectivity index (χ4n) is 3.01. The molecule has 1 saturated heterocycles. The first-order chi connectivity index (χ1) is 10.0. The van der Waals surface area contributed by atoms with Crippen molar-refractivity contribution in [3.63, 3.8) is 0 Å². The summed E-state index contributed by atoms with van der Waals surface area (Å²) in [6, 6.07) is 0. The summed E-state index contributed by atoms with van der Waals surface area (Å²) in [6.07, 6.45) is 5.52. The summed E-state index contributed by atoms with van der Waals surface area (Å²) in [5, 5.41) is 8.93. The molecule has 0 bridgehead atoms. The summed E-state index contributed by atoms with van der Waals surface area (Å²) in [7, 11) is 0. The third-order valence-electron chi connectivity index (χ3n) is 4.29. The van der Waals surface area contributed by atoms with Gasteiger partial charge in [-0.05, 0) is 31.6 Å². The zero-order valence-electron chi connectivity index (χ0n) is 12.7. The normalized spacial score (nSPS) is 20.3. The molecule has 1 aliphatic heterocycles. The lowest BCUT2D eigenvalue weighted by molar-refractivity contribution is -0.138. The molecule has 1 aromatic rings. The summed E-state index contributed by atoms with van der Waals surface area (Å²) in [5.41, 5.74) is -0.0634. The largest absolute Gasteiger partial charge is 0.481 e. The maximum absolute atomic E-state index is 12.3. The van der Waals surface area contributed by atoms with Crippen LogP contribution >= 0.6 is 0 Å². The van der Waals surface area contributed by atoms with Crippen molar-refractivity contribution in [3.8, 4) is 0 Å². The van der Waals surface area contributed by atoms with E-state index in [4.69, 9.17) is 5.11 Å². The summed E-state index contributed by atoms with van der Waals surface area (Å²) in [4.78, 5) is 29.4. The highest BCUT2D eigenvalue weighted by molar-refractivity contribution is 5.67. The van der Waals surface area contributed by atoms with Crippen LogP contribution in [0.25, 0.3) is 0 Å². The minimum Gasteiger partial charge on any atom is -0.481 e. The predicted molar refractivity (Wildman–Crippen MR) is 80.5 cm³/mol. The molecule has 1 aliphatic rings. The van der Waals surface area contributed by atoms with E-state index in [2.05, 4.69) is 4.98 Å².